The van der Waals surface area contributed by atoms with Crippen LogP contribution in [0.15, 0.2) is 47.6 Å². The normalized spacial score (nSPS) is 14.0. The molecule has 0 spiro atoms. The smallest absolute Gasteiger partial charge is 0.271 e. The molecule has 2 aromatic rings. The number of ether oxygens (including phenoxy) is 1. The first-order valence-corrected chi connectivity index (χ1v) is 8.64. The van der Waals surface area contributed by atoms with Gasteiger partial charge in [0.2, 0.25) is 0 Å². The molecule has 0 saturated carbocycles. The van der Waals surface area contributed by atoms with Gasteiger partial charge in [-0.2, -0.15) is 5.10 Å². The molecular formula is C18H17N5O6. The van der Waals surface area contributed by atoms with Crippen molar-refractivity contribution in [2.75, 3.05) is 31.2 Å². The minimum atomic E-state index is -0.636. The first-order valence-electron chi connectivity index (χ1n) is 8.64. The van der Waals surface area contributed by atoms with E-state index in [-0.39, 0.29) is 16.9 Å². The van der Waals surface area contributed by atoms with Crippen LogP contribution >= 0.6 is 0 Å². The number of morpholine rings is 1. The third-order valence-electron chi connectivity index (χ3n) is 4.26. The number of nitro benzene ring substituents is 2. The zero-order valence-electron chi connectivity index (χ0n) is 15.2. The Balaban J connectivity index is 1.80. The predicted molar refractivity (Wildman–Crippen MR) is 104 cm³/mol. The molecule has 1 aliphatic heterocycles. The molecule has 1 N–H and O–H groups in total. The molecule has 11 nitrogen and oxygen atoms in total. The van der Waals surface area contributed by atoms with Crippen LogP contribution < -0.4 is 10.3 Å². The zero-order valence-corrected chi connectivity index (χ0v) is 15.2. The van der Waals surface area contributed by atoms with Crippen molar-refractivity contribution in [1.29, 1.82) is 0 Å². The van der Waals surface area contributed by atoms with E-state index >= 15 is 0 Å². The third-order valence-corrected chi connectivity index (χ3v) is 4.26. The number of nitrogens with one attached hydrogen (secondary N) is 1. The van der Waals surface area contributed by atoms with Crippen LogP contribution in [0.25, 0.3) is 0 Å². The molecule has 1 saturated heterocycles. The standard InChI is InChI=1S/C18H17N5O6/c24-18(13-2-1-3-15(10-13)22(25)26)20-19-12-14-11-16(23(27)28)4-5-17(14)21-6-8-29-9-7-21/h1-5,10-12H,6-9H2,(H,20,24)/b19-12+. The van der Waals surface area contributed by atoms with Gasteiger partial charge >= 0.3 is 0 Å². The molecule has 0 aliphatic carbocycles. The molecule has 1 aliphatic rings. The van der Waals surface area contributed by atoms with Gasteiger partial charge in [-0.25, -0.2) is 5.43 Å². The molecule has 3 rings (SSSR count). The minimum Gasteiger partial charge on any atom is -0.378 e. The molecular weight excluding hydrogens is 382 g/mol. The molecule has 1 fully saturated rings. The van der Waals surface area contributed by atoms with Gasteiger partial charge in [-0.3, -0.25) is 25.0 Å². The Hall–Kier alpha value is -3.86. The zero-order chi connectivity index (χ0) is 20.8. The number of hydrogen-bond donors (Lipinski definition) is 1. The fourth-order valence-corrected chi connectivity index (χ4v) is 2.84. The van der Waals surface area contributed by atoms with Crippen molar-refractivity contribution in [3.8, 4) is 0 Å². The highest BCUT2D eigenvalue weighted by molar-refractivity contribution is 5.96. The van der Waals surface area contributed by atoms with Crippen molar-refractivity contribution in [2.45, 2.75) is 0 Å². The maximum Gasteiger partial charge on any atom is 0.271 e. The van der Waals surface area contributed by atoms with E-state index in [4.69, 9.17) is 4.74 Å². The second kappa shape index (κ2) is 8.89. The van der Waals surface area contributed by atoms with Gasteiger partial charge in [0.1, 0.15) is 0 Å². The van der Waals surface area contributed by atoms with Gasteiger partial charge in [-0.05, 0) is 12.1 Å². The number of carbonyl (C=O) groups excluding carboxylic acids is 1. The van der Waals surface area contributed by atoms with Crippen LogP contribution in [0.1, 0.15) is 15.9 Å². The molecule has 0 radical (unpaired) electrons. The van der Waals surface area contributed by atoms with Crippen molar-refractivity contribution in [1.82, 2.24) is 5.43 Å². The summed E-state index contributed by atoms with van der Waals surface area (Å²) in [7, 11) is 0. The number of non-ortho nitro benzene ring substituents is 2. The highest BCUT2D eigenvalue weighted by atomic mass is 16.6. The number of amides is 1. The molecule has 0 bridgehead atoms. The van der Waals surface area contributed by atoms with E-state index in [0.29, 0.717) is 31.9 Å². The lowest BCUT2D eigenvalue weighted by Gasteiger charge is -2.29. The average molecular weight is 399 g/mol. The predicted octanol–water partition coefficient (Wildman–Crippen LogP) is 2.10. The minimum absolute atomic E-state index is 0.0730. The Morgan fingerprint density at radius 3 is 2.45 bits per heavy atom. The maximum absolute atomic E-state index is 12.2. The molecule has 0 unspecified atom stereocenters. The Labute approximate surface area is 164 Å². The topological polar surface area (TPSA) is 140 Å². The number of benzene rings is 2. The first kappa shape index (κ1) is 19.9. The number of carbonyl (C=O) groups is 1. The molecule has 1 heterocycles. The summed E-state index contributed by atoms with van der Waals surface area (Å²) in [6.07, 6.45) is 1.31. The molecule has 0 aromatic heterocycles. The van der Waals surface area contributed by atoms with E-state index in [1.807, 2.05) is 4.90 Å². The summed E-state index contributed by atoms with van der Waals surface area (Å²) in [5.41, 5.74) is 3.23. The van der Waals surface area contributed by atoms with Crippen molar-refractivity contribution < 1.29 is 19.4 Å². The number of rotatable bonds is 6. The highest BCUT2D eigenvalue weighted by Crippen LogP contribution is 2.25. The summed E-state index contributed by atoms with van der Waals surface area (Å²) < 4.78 is 5.32. The third kappa shape index (κ3) is 4.90. The summed E-state index contributed by atoms with van der Waals surface area (Å²) in [6, 6.07) is 9.64. The number of nitrogens with zero attached hydrogens (tertiary/aromatic N) is 4. The van der Waals surface area contributed by atoms with Gasteiger partial charge in [0.15, 0.2) is 0 Å². The van der Waals surface area contributed by atoms with E-state index in [1.54, 1.807) is 6.07 Å². The number of nitro groups is 2. The van der Waals surface area contributed by atoms with Crippen LogP contribution in [-0.4, -0.2) is 48.3 Å². The van der Waals surface area contributed by atoms with Crippen LogP contribution in [0.2, 0.25) is 0 Å². The van der Waals surface area contributed by atoms with Gasteiger partial charge in [0.25, 0.3) is 17.3 Å². The van der Waals surface area contributed by atoms with E-state index in [1.165, 1.54) is 36.5 Å². The lowest BCUT2D eigenvalue weighted by atomic mass is 10.1. The molecule has 2 aromatic carbocycles. The maximum atomic E-state index is 12.2. The van der Waals surface area contributed by atoms with Crippen molar-refractivity contribution in [3.05, 3.63) is 73.8 Å². The van der Waals surface area contributed by atoms with Gasteiger partial charge in [-0.15, -0.1) is 0 Å². The van der Waals surface area contributed by atoms with E-state index in [0.717, 1.165) is 11.8 Å². The van der Waals surface area contributed by atoms with E-state index < -0.39 is 15.8 Å². The monoisotopic (exact) mass is 399 g/mol. The van der Waals surface area contributed by atoms with Crippen molar-refractivity contribution in [2.24, 2.45) is 5.10 Å². The van der Waals surface area contributed by atoms with Crippen LogP contribution in [0.5, 0.6) is 0 Å². The van der Waals surface area contributed by atoms with Crippen molar-refractivity contribution in [3.63, 3.8) is 0 Å². The molecule has 1 amide bonds. The Morgan fingerprint density at radius 1 is 1.07 bits per heavy atom. The van der Waals surface area contributed by atoms with Crippen LogP contribution in [0.3, 0.4) is 0 Å². The van der Waals surface area contributed by atoms with Crippen LogP contribution in [0, 0.1) is 20.2 Å². The molecule has 0 atom stereocenters. The summed E-state index contributed by atoms with van der Waals surface area (Å²) in [4.78, 5) is 35.0. The number of anilines is 1. The Bertz CT molecular complexity index is 971. The van der Waals surface area contributed by atoms with Gasteiger partial charge < -0.3 is 9.64 Å². The van der Waals surface area contributed by atoms with Gasteiger partial charge in [0, 0.05) is 54.2 Å². The molecule has 11 heteroatoms. The quantitative estimate of drug-likeness (QED) is 0.445. The summed E-state index contributed by atoms with van der Waals surface area (Å²) in [5, 5.41) is 25.8. The summed E-state index contributed by atoms with van der Waals surface area (Å²) in [6.45, 7) is 2.32. The Kier molecular flexibility index (Phi) is 6.09. The molecule has 29 heavy (non-hydrogen) atoms. The van der Waals surface area contributed by atoms with Gasteiger partial charge in [-0.1, -0.05) is 6.07 Å². The fraction of sp³-hybridized carbons (Fsp3) is 0.222. The van der Waals surface area contributed by atoms with E-state index in [9.17, 15) is 25.0 Å². The summed E-state index contributed by atoms with van der Waals surface area (Å²) >= 11 is 0. The second-order valence-electron chi connectivity index (χ2n) is 6.11. The highest BCUT2D eigenvalue weighted by Gasteiger charge is 2.17. The number of hydrogen-bond acceptors (Lipinski definition) is 8. The average Bonchev–Trinajstić information content (AvgIpc) is 2.74. The van der Waals surface area contributed by atoms with Crippen molar-refractivity contribution >= 4 is 29.2 Å². The SMILES string of the molecule is O=C(N/N=C/c1cc([N+](=O)[O-])ccc1N1CCOCC1)c1cccc([N+](=O)[O-])c1. The molecule has 150 valence electrons. The van der Waals surface area contributed by atoms with Crippen LogP contribution in [-0.2, 0) is 4.74 Å². The largest absolute Gasteiger partial charge is 0.378 e. The summed E-state index contributed by atoms with van der Waals surface area (Å²) in [5.74, 6) is -0.636. The first-order chi connectivity index (χ1) is 14.0. The Morgan fingerprint density at radius 2 is 1.76 bits per heavy atom. The van der Waals surface area contributed by atoms with E-state index in [2.05, 4.69) is 10.5 Å². The number of hydrazone groups is 1. The lowest BCUT2D eigenvalue weighted by molar-refractivity contribution is -0.385. The van der Waals surface area contributed by atoms with Gasteiger partial charge in [0.05, 0.1) is 29.3 Å². The van der Waals surface area contributed by atoms with Crippen LogP contribution in [0.4, 0.5) is 17.1 Å². The second-order valence-corrected chi connectivity index (χ2v) is 6.11. The lowest BCUT2D eigenvalue weighted by Crippen LogP contribution is -2.36. The fourth-order valence-electron chi connectivity index (χ4n) is 2.84.